The first-order valence-corrected chi connectivity index (χ1v) is 12.6. The fourth-order valence-electron chi connectivity index (χ4n) is 4.44. The standard InChI is InChI=1S/C27H32F3N5O4/c1-14(31)22-21(24(36)35-12-6-7-15(13-35)32-25(37)26(2,3)4)34-23(39-22)17-8-10-18(38-5)20-16(17)9-11-19(33-20)27(28,29)30/h8-11,14-15H,6-7,12-13,31H2,1-5H3,(H,32,37)/t14-,15+/m0/s1. The van der Waals surface area contributed by atoms with Crippen LogP contribution in [0.5, 0.6) is 5.75 Å². The number of rotatable bonds is 5. The highest BCUT2D eigenvalue weighted by atomic mass is 19.4. The lowest BCUT2D eigenvalue weighted by atomic mass is 9.94. The number of nitrogens with one attached hydrogen (secondary N) is 1. The Morgan fingerprint density at radius 2 is 1.90 bits per heavy atom. The van der Waals surface area contributed by atoms with Crippen LogP contribution >= 0.6 is 0 Å². The van der Waals surface area contributed by atoms with Gasteiger partial charge in [-0.25, -0.2) is 9.97 Å². The number of carbonyl (C=O) groups excluding carboxylic acids is 2. The summed E-state index contributed by atoms with van der Waals surface area (Å²) in [6.07, 6.45) is -3.21. The molecule has 3 N–H and O–H groups in total. The summed E-state index contributed by atoms with van der Waals surface area (Å²) in [5.74, 6) is -0.182. The molecule has 2 atom stereocenters. The molecule has 0 saturated carbocycles. The summed E-state index contributed by atoms with van der Waals surface area (Å²) in [7, 11) is 1.34. The van der Waals surface area contributed by atoms with E-state index in [1.54, 1.807) is 17.9 Å². The maximum atomic E-state index is 13.6. The molecule has 0 spiro atoms. The Morgan fingerprint density at radius 1 is 1.18 bits per heavy atom. The molecule has 1 saturated heterocycles. The van der Waals surface area contributed by atoms with Gasteiger partial charge in [0, 0.05) is 35.5 Å². The van der Waals surface area contributed by atoms with Crippen molar-refractivity contribution in [1.82, 2.24) is 20.2 Å². The molecule has 1 aliphatic rings. The summed E-state index contributed by atoms with van der Waals surface area (Å²) in [4.78, 5) is 35.9. The zero-order chi connectivity index (χ0) is 28.7. The molecule has 39 heavy (non-hydrogen) atoms. The van der Waals surface area contributed by atoms with Crippen molar-refractivity contribution >= 4 is 22.7 Å². The molecule has 3 aromatic rings. The van der Waals surface area contributed by atoms with Crippen LogP contribution in [0.1, 0.15) is 68.5 Å². The average molecular weight is 548 g/mol. The molecule has 12 heteroatoms. The maximum absolute atomic E-state index is 13.6. The van der Waals surface area contributed by atoms with E-state index in [2.05, 4.69) is 15.3 Å². The molecular formula is C27H32F3N5O4. The number of nitrogens with zero attached hydrogens (tertiary/aromatic N) is 3. The van der Waals surface area contributed by atoms with E-state index in [0.717, 1.165) is 12.5 Å². The number of methoxy groups -OCH3 is 1. The van der Waals surface area contributed by atoms with Gasteiger partial charge in [-0.1, -0.05) is 20.8 Å². The zero-order valence-corrected chi connectivity index (χ0v) is 22.5. The first-order valence-electron chi connectivity index (χ1n) is 12.6. The van der Waals surface area contributed by atoms with Crippen LogP contribution in [0.4, 0.5) is 13.2 Å². The van der Waals surface area contributed by atoms with Gasteiger partial charge in [0.2, 0.25) is 11.8 Å². The predicted molar refractivity (Wildman–Crippen MR) is 138 cm³/mol. The third-order valence-corrected chi connectivity index (χ3v) is 6.56. The molecular weight excluding hydrogens is 515 g/mol. The number of fused-ring (bicyclic) bond motifs is 1. The fraction of sp³-hybridized carbons (Fsp3) is 0.481. The van der Waals surface area contributed by atoms with Crippen LogP contribution in [0.2, 0.25) is 0 Å². The van der Waals surface area contributed by atoms with E-state index in [-0.39, 0.29) is 40.6 Å². The maximum Gasteiger partial charge on any atom is 0.433 e. The van der Waals surface area contributed by atoms with Gasteiger partial charge in [-0.05, 0) is 44.0 Å². The van der Waals surface area contributed by atoms with Crippen LogP contribution in [0.15, 0.2) is 28.7 Å². The van der Waals surface area contributed by atoms with E-state index in [1.807, 2.05) is 20.8 Å². The predicted octanol–water partition coefficient (Wildman–Crippen LogP) is 4.70. The zero-order valence-electron chi connectivity index (χ0n) is 22.5. The lowest BCUT2D eigenvalue weighted by Gasteiger charge is -2.34. The number of alkyl halides is 3. The van der Waals surface area contributed by atoms with Gasteiger partial charge in [0.05, 0.1) is 13.2 Å². The SMILES string of the molecule is COc1ccc(-c2nc(C(=O)N3CCC[C@@H](NC(=O)C(C)(C)C)C3)c([C@H](C)N)o2)c2ccc(C(F)(F)F)nc12. The highest BCUT2D eigenvalue weighted by Crippen LogP contribution is 2.37. The van der Waals surface area contributed by atoms with Crippen molar-refractivity contribution in [2.75, 3.05) is 20.2 Å². The molecule has 9 nitrogen and oxygen atoms in total. The molecule has 210 valence electrons. The largest absolute Gasteiger partial charge is 0.494 e. The number of nitrogens with two attached hydrogens (primary N) is 1. The molecule has 1 aromatic carbocycles. The van der Waals surface area contributed by atoms with Crippen molar-refractivity contribution in [2.45, 2.75) is 58.8 Å². The molecule has 0 bridgehead atoms. The van der Waals surface area contributed by atoms with Gasteiger partial charge < -0.3 is 25.1 Å². The number of pyridine rings is 1. The van der Waals surface area contributed by atoms with Crippen molar-refractivity contribution in [3.63, 3.8) is 0 Å². The number of ether oxygens (including phenoxy) is 1. The minimum absolute atomic E-state index is 0.0200. The smallest absolute Gasteiger partial charge is 0.433 e. The second-order valence-electron chi connectivity index (χ2n) is 10.7. The monoisotopic (exact) mass is 547 g/mol. The summed E-state index contributed by atoms with van der Waals surface area (Å²) in [6, 6.07) is 4.29. The topological polar surface area (TPSA) is 124 Å². The summed E-state index contributed by atoms with van der Waals surface area (Å²) < 4.78 is 51.2. The Hall–Kier alpha value is -3.67. The van der Waals surface area contributed by atoms with E-state index in [4.69, 9.17) is 14.9 Å². The Bertz CT molecular complexity index is 1390. The lowest BCUT2D eigenvalue weighted by Crippen LogP contribution is -2.51. The summed E-state index contributed by atoms with van der Waals surface area (Å²) in [5, 5.41) is 3.32. The molecule has 0 aliphatic carbocycles. The number of hydrogen-bond acceptors (Lipinski definition) is 7. The molecule has 2 amide bonds. The van der Waals surface area contributed by atoms with Gasteiger partial charge in [-0.3, -0.25) is 9.59 Å². The molecule has 2 aromatic heterocycles. The van der Waals surface area contributed by atoms with Crippen LogP contribution in [-0.4, -0.2) is 52.9 Å². The Labute approximate surface area is 223 Å². The number of piperidine rings is 1. The van der Waals surface area contributed by atoms with Crippen molar-refractivity contribution in [3.05, 3.63) is 41.4 Å². The van der Waals surface area contributed by atoms with E-state index < -0.39 is 29.2 Å². The third-order valence-electron chi connectivity index (χ3n) is 6.56. The number of amides is 2. The minimum Gasteiger partial charge on any atom is -0.494 e. The van der Waals surface area contributed by atoms with Gasteiger partial charge in [-0.15, -0.1) is 0 Å². The number of hydrogen-bond donors (Lipinski definition) is 2. The third kappa shape index (κ3) is 5.85. The average Bonchev–Trinajstić information content (AvgIpc) is 3.32. The van der Waals surface area contributed by atoms with E-state index in [1.165, 1.54) is 19.2 Å². The van der Waals surface area contributed by atoms with Crippen molar-refractivity contribution in [3.8, 4) is 17.2 Å². The molecule has 3 heterocycles. The number of benzene rings is 1. The van der Waals surface area contributed by atoms with Crippen LogP contribution in [-0.2, 0) is 11.0 Å². The van der Waals surface area contributed by atoms with Gasteiger partial charge in [0.25, 0.3) is 5.91 Å². The summed E-state index contributed by atoms with van der Waals surface area (Å²) >= 11 is 0. The first kappa shape index (κ1) is 28.3. The molecule has 0 radical (unpaired) electrons. The highest BCUT2D eigenvalue weighted by Gasteiger charge is 2.35. The van der Waals surface area contributed by atoms with E-state index in [9.17, 15) is 22.8 Å². The van der Waals surface area contributed by atoms with Gasteiger partial charge in [-0.2, -0.15) is 13.2 Å². The van der Waals surface area contributed by atoms with Crippen LogP contribution < -0.4 is 15.8 Å². The van der Waals surface area contributed by atoms with Crippen molar-refractivity contribution < 1.29 is 31.9 Å². The highest BCUT2D eigenvalue weighted by molar-refractivity contribution is 5.98. The second-order valence-corrected chi connectivity index (χ2v) is 10.7. The van der Waals surface area contributed by atoms with E-state index in [0.29, 0.717) is 30.5 Å². The second kappa shape index (κ2) is 10.5. The van der Waals surface area contributed by atoms with Gasteiger partial charge >= 0.3 is 6.18 Å². The first-order chi connectivity index (χ1) is 18.2. The Morgan fingerprint density at radius 3 is 2.51 bits per heavy atom. The van der Waals surface area contributed by atoms with Crippen LogP contribution in [0.3, 0.4) is 0 Å². The number of halogens is 3. The number of oxazole rings is 1. The number of likely N-dealkylation sites (tertiary alicyclic amines) is 1. The Kier molecular flexibility index (Phi) is 7.61. The van der Waals surface area contributed by atoms with E-state index >= 15 is 0 Å². The van der Waals surface area contributed by atoms with Gasteiger partial charge in [0.1, 0.15) is 17.0 Å². The summed E-state index contributed by atoms with van der Waals surface area (Å²) in [5.41, 5.74) is 4.83. The quantitative estimate of drug-likeness (QED) is 0.474. The van der Waals surface area contributed by atoms with Crippen molar-refractivity contribution in [2.24, 2.45) is 11.1 Å². The normalized spacial score (nSPS) is 17.3. The molecule has 0 unspecified atom stereocenters. The fourth-order valence-corrected chi connectivity index (χ4v) is 4.44. The number of aromatic nitrogens is 2. The van der Waals surface area contributed by atoms with Crippen molar-refractivity contribution in [1.29, 1.82) is 0 Å². The van der Waals surface area contributed by atoms with Gasteiger partial charge in [0.15, 0.2) is 11.5 Å². The lowest BCUT2D eigenvalue weighted by molar-refractivity contribution is -0.141. The summed E-state index contributed by atoms with van der Waals surface area (Å²) in [6.45, 7) is 7.88. The molecule has 1 aliphatic heterocycles. The van der Waals surface area contributed by atoms with Crippen LogP contribution in [0, 0.1) is 5.41 Å². The molecule has 1 fully saturated rings. The number of carbonyl (C=O) groups is 2. The Balaban J connectivity index is 1.70. The van der Waals surface area contributed by atoms with Crippen LogP contribution in [0.25, 0.3) is 22.4 Å². The molecule has 4 rings (SSSR count). The minimum atomic E-state index is -4.64.